The minimum absolute atomic E-state index is 0.205. The van der Waals surface area contributed by atoms with Crippen LogP contribution in [-0.2, 0) is 9.47 Å². The van der Waals surface area contributed by atoms with E-state index in [9.17, 15) is 30.7 Å². The SMILES string of the molecule is CC1CCC(C2COC(c3ccc(-c4cc(F)c(/C(F)=C/C(F)(F)F)c(F)c4)c(F)c3)OC2)CC1. The highest BCUT2D eigenvalue weighted by Crippen LogP contribution is 2.38. The molecule has 2 aliphatic rings. The monoisotopic (exact) mass is 502 g/mol. The van der Waals surface area contributed by atoms with E-state index in [4.69, 9.17) is 9.47 Å². The third-order valence-corrected chi connectivity index (χ3v) is 6.80. The Morgan fingerprint density at radius 3 is 2.00 bits per heavy atom. The molecule has 0 unspecified atom stereocenters. The van der Waals surface area contributed by atoms with Crippen molar-refractivity contribution in [2.24, 2.45) is 17.8 Å². The molecule has 1 saturated carbocycles. The fourth-order valence-electron chi connectivity index (χ4n) is 4.82. The van der Waals surface area contributed by atoms with Gasteiger partial charge in [-0.25, -0.2) is 17.6 Å². The lowest BCUT2D eigenvalue weighted by Crippen LogP contribution is -2.34. The molecule has 190 valence electrons. The second-order valence-corrected chi connectivity index (χ2v) is 9.37. The van der Waals surface area contributed by atoms with Gasteiger partial charge in [-0.2, -0.15) is 13.2 Å². The number of ether oxygens (including phenoxy) is 2. The zero-order chi connectivity index (χ0) is 25.3. The van der Waals surface area contributed by atoms with E-state index in [1.54, 1.807) is 0 Å². The van der Waals surface area contributed by atoms with Crippen molar-refractivity contribution in [2.45, 2.75) is 45.1 Å². The Kier molecular flexibility index (Phi) is 7.57. The molecule has 0 atom stereocenters. The highest BCUT2D eigenvalue weighted by Gasteiger charge is 2.32. The van der Waals surface area contributed by atoms with E-state index >= 15 is 0 Å². The topological polar surface area (TPSA) is 18.5 Å². The van der Waals surface area contributed by atoms with Gasteiger partial charge >= 0.3 is 6.18 Å². The molecule has 9 heteroatoms. The summed E-state index contributed by atoms with van der Waals surface area (Å²) in [4.78, 5) is 0. The normalized spacial score (nSPS) is 26.1. The van der Waals surface area contributed by atoms with E-state index in [0.717, 1.165) is 24.8 Å². The van der Waals surface area contributed by atoms with E-state index < -0.39 is 47.4 Å². The molecule has 0 bridgehead atoms. The van der Waals surface area contributed by atoms with Gasteiger partial charge in [0.2, 0.25) is 0 Å². The van der Waals surface area contributed by atoms with Crippen LogP contribution in [-0.4, -0.2) is 19.4 Å². The number of rotatable bonds is 4. The number of benzene rings is 2. The summed E-state index contributed by atoms with van der Waals surface area (Å²) in [6.45, 7) is 3.22. The highest BCUT2D eigenvalue weighted by atomic mass is 19.4. The van der Waals surface area contributed by atoms with E-state index in [2.05, 4.69) is 6.92 Å². The van der Waals surface area contributed by atoms with Gasteiger partial charge in [-0.1, -0.05) is 31.9 Å². The molecule has 1 aliphatic heterocycles. The maximum atomic E-state index is 14.8. The van der Waals surface area contributed by atoms with Crippen molar-refractivity contribution in [3.8, 4) is 11.1 Å². The van der Waals surface area contributed by atoms with Gasteiger partial charge in [0.1, 0.15) is 23.3 Å². The summed E-state index contributed by atoms with van der Waals surface area (Å²) in [6, 6.07) is 5.05. The van der Waals surface area contributed by atoms with Crippen molar-refractivity contribution >= 4 is 5.83 Å². The molecule has 2 aromatic rings. The lowest BCUT2D eigenvalue weighted by atomic mass is 9.76. The predicted octanol–water partition coefficient (Wildman–Crippen LogP) is 8.13. The summed E-state index contributed by atoms with van der Waals surface area (Å²) in [7, 11) is 0. The van der Waals surface area contributed by atoms with Gasteiger partial charge in [-0.05, 0) is 48.4 Å². The summed E-state index contributed by atoms with van der Waals surface area (Å²) >= 11 is 0. The Morgan fingerprint density at radius 2 is 1.46 bits per heavy atom. The number of hydrogen-bond donors (Lipinski definition) is 0. The van der Waals surface area contributed by atoms with Gasteiger partial charge in [0, 0.05) is 17.0 Å². The Morgan fingerprint density at radius 1 is 0.857 bits per heavy atom. The third kappa shape index (κ3) is 6.06. The Balaban J connectivity index is 1.48. The predicted molar refractivity (Wildman–Crippen MR) is 116 cm³/mol. The third-order valence-electron chi connectivity index (χ3n) is 6.80. The molecular weight excluding hydrogens is 477 g/mol. The maximum absolute atomic E-state index is 14.8. The van der Waals surface area contributed by atoms with Crippen LogP contribution in [0.2, 0.25) is 0 Å². The molecule has 0 spiro atoms. The summed E-state index contributed by atoms with van der Waals surface area (Å²) in [5.41, 5.74) is -1.57. The molecule has 0 N–H and O–H groups in total. The summed E-state index contributed by atoms with van der Waals surface area (Å²) in [6.07, 6.45) is -2.08. The lowest BCUT2D eigenvalue weighted by Gasteiger charge is -2.37. The molecule has 0 amide bonds. The summed E-state index contributed by atoms with van der Waals surface area (Å²) < 4.78 is 106. The second-order valence-electron chi connectivity index (χ2n) is 9.37. The fraction of sp³-hybridized carbons (Fsp3) is 0.462. The van der Waals surface area contributed by atoms with Crippen LogP contribution in [0.25, 0.3) is 17.0 Å². The first-order valence-corrected chi connectivity index (χ1v) is 11.5. The zero-order valence-corrected chi connectivity index (χ0v) is 19.0. The van der Waals surface area contributed by atoms with Crippen LogP contribution in [0.3, 0.4) is 0 Å². The standard InChI is InChI=1S/C26H25F7O2/c1-14-2-4-15(5-3-14)18-12-34-25(35-13-18)16-6-7-19(20(27)8-16)17-9-21(28)24(22(29)10-17)23(30)11-26(31,32)33/h6-11,14-15,18,25H,2-5,12-13H2,1H3/b23-11-. The van der Waals surface area contributed by atoms with Gasteiger partial charge in [0.05, 0.1) is 24.9 Å². The van der Waals surface area contributed by atoms with Crippen molar-refractivity contribution < 1.29 is 40.2 Å². The van der Waals surface area contributed by atoms with Crippen LogP contribution in [0.5, 0.6) is 0 Å². The fourth-order valence-corrected chi connectivity index (χ4v) is 4.82. The number of hydrogen-bond acceptors (Lipinski definition) is 2. The van der Waals surface area contributed by atoms with Crippen molar-refractivity contribution in [1.29, 1.82) is 0 Å². The summed E-state index contributed by atoms with van der Waals surface area (Å²) in [5.74, 6) is -4.56. The van der Waals surface area contributed by atoms with Crippen LogP contribution in [0.4, 0.5) is 30.7 Å². The van der Waals surface area contributed by atoms with Crippen LogP contribution in [0.1, 0.15) is 50.0 Å². The van der Waals surface area contributed by atoms with Crippen LogP contribution < -0.4 is 0 Å². The van der Waals surface area contributed by atoms with Crippen molar-refractivity contribution in [3.05, 3.63) is 65.0 Å². The van der Waals surface area contributed by atoms with Crippen LogP contribution >= 0.6 is 0 Å². The zero-order valence-electron chi connectivity index (χ0n) is 19.0. The molecule has 4 rings (SSSR count). The minimum Gasteiger partial charge on any atom is -0.348 e. The Hall–Kier alpha value is -2.39. The van der Waals surface area contributed by atoms with Gasteiger partial charge in [-0.15, -0.1) is 0 Å². The lowest BCUT2D eigenvalue weighted by molar-refractivity contribution is -0.214. The average molecular weight is 502 g/mol. The van der Waals surface area contributed by atoms with E-state index in [1.165, 1.54) is 25.0 Å². The van der Waals surface area contributed by atoms with E-state index in [0.29, 0.717) is 36.8 Å². The summed E-state index contributed by atoms with van der Waals surface area (Å²) in [5, 5.41) is 0. The van der Waals surface area contributed by atoms with Crippen molar-refractivity contribution in [2.75, 3.05) is 13.2 Å². The van der Waals surface area contributed by atoms with Gasteiger partial charge in [0.15, 0.2) is 6.29 Å². The highest BCUT2D eigenvalue weighted by molar-refractivity contribution is 5.69. The molecule has 2 aromatic carbocycles. The van der Waals surface area contributed by atoms with Crippen molar-refractivity contribution in [3.63, 3.8) is 0 Å². The Labute approximate surface area is 198 Å². The molecule has 1 saturated heterocycles. The molecule has 35 heavy (non-hydrogen) atoms. The number of halogens is 7. The van der Waals surface area contributed by atoms with Crippen LogP contribution in [0.15, 0.2) is 36.4 Å². The molecule has 2 fully saturated rings. The smallest absolute Gasteiger partial charge is 0.348 e. The quantitative estimate of drug-likeness (QED) is 0.393. The molecule has 1 heterocycles. The number of allylic oxidation sites excluding steroid dienone is 1. The molecular formula is C26H25F7O2. The molecule has 1 aliphatic carbocycles. The molecule has 0 radical (unpaired) electrons. The van der Waals surface area contributed by atoms with E-state index in [-0.39, 0.29) is 17.0 Å². The number of alkyl halides is 3. The first-order chi connectivity index (χ1) is 16.5. The first-order valence-electron chi connectivity index (χ1n) is 11.5. The largest absolute Gasteiger partial charge is 0.412 e. The van der Waals surface area contributed by atoms with Crippen LogP contribution in [0, 0.1) is 35.2 Å². The maximum Gasteiger partial charge on any atom is 0.412 e. The average Bonchev–Trinajstić information content (AvgIpc) is 2.78. The van der Waals surface area contributed by atoms with Crippen molar-refractivity contribution in [1.82, 2.24) is 0 Å². The molecule has 0 aromatic heterocycles. The first kappa shape index (κ1) is 25.7. The minimum atomic E-state index is -5.10. The van der Waals surface area contributed by atoms with Gasteiger partial charge in [-0.3, -0.25) is 0 Å². The second kappa shape index (κ2) is 10.3. The molecule has 2 nitrogen and oxygen atoms in total. The Bertz CT molecular complexity index is 1060. The van der Waals surface area contributed by atoms with Gasteiger partial charge in [0.25, 0.3) is 0 Å². The van der Waals surface area contributed by atoms with Gasteiger partial charge < -0.3 is 9.47 Å². The van der Waals surface area contributed by atoms with E-state index in [1.807, 2.05) is 0 Å².